The van der Waals surface area contributed by atoms with Crippen LogP contribution in [0.15, 0.2) is 125 Å². The minimum absolute atomic E-state index is 0.0711. The van der Waals surface area contributed by atoms with Crippen LogP contribution in [0.5, 0.6) is 0 Å². The van der Waals surface area contributed by atoms with Gasteiger partial charge >= 0.3 is 0 Å². The second kappa shape index (κ2) is 17.2. The van der Waals surface area contributed by atoms with Crippen molar-refractivity contribution in [2.75, 3.05) is 13.2 Å². The van der Waals surface area contributed by atoms with Crippen molar-refractivity contribution >= 4 is 10.1 Å². The van der Waals surface area contributed by atoms with E-state index >= 15 is 0 Å². The van der Waals surface area contributed by atoms with E-state index < -0.39 is 34.5 Å². The van der Waals surface area contributed by atoms with Gasteiger partial charge in [0, 0.05) is 11.3 Å². The number of epoxide rings is 1. The summed E-state index contributed by atoms with van der Waals surface area (Å²) in [5.41, 5.74) is 13.4. The highest BCUT2D eigenvalue weighted by Crippen LogP contribution is 2.35. The lowest BCUT2D eigenvalue weighted by atomic mass is 10.0. The number of hydrogen-bond acceptors (Lipinski definition) is 8. The number of ether oxygens (including phenoxy) is 4. The smallest absolute Gasteiger partial charge is 0.296 e. The Morgan fingerprint density at radius 1 is 0.787 bits per heavy atom. The largest absolute Gasteiger partial charge is 0.376 e. The van der Waals surface area contributed by atoms with Crippen LogP contribution in [0.1, 0.15) is 28.7 Å². The maximum absolute atomic E-state index is 12.7. The topological polar surface area (TPSA) is 132 Å². The van der Waals surface area contributed by atoms with Crippen molar-refractivity contribution in [2.45, 2.75) is 68.5 Å². The van der Waals surface area contributed by atoms with Crippen LogP contribution in [-0.2, 0) is 53.1 Å². The molecule has 0 aliphatic carbocycles. The Kier molecular flexibility index (Phi) is 12.5. The van der Waals surface area contributed by atoms with E-state index in [1.54, 1.807) is 12.1 Å². The molecule has 0 saturated carbocycles. The van der Waals surface area contributed by atoms with Crippen molar-refractivity contribution in [2.24, 2.45) is 5.11 Å². The fraction of sp³-hybridized carbons (Fsp3) is 0.333. The zero-order valence-corrected chi connectivity index (χ0v) is 27.0. The van der Waals surface area contributed by atoms with Gasteiger partial charge in [0.2, 0.25) is 0 Å². The van der Waals surface area contributed by atoms with Gasteiger partial charge in [0.05, 0.1) is 56.2 Å². The summed E-state index contributed by atoms with van der Waals surface area (Å²) in [5.74, 6) is 0. The van der Waals surface area contributed by atoms with Crippen LogP contribution in [0.25, 0.3) is 10.4 Å². The van der Waals surface area contributed by atoms with Crippen LogP contribution >= 0.6 is 0 Å². The van der Waals surface area contributed by atoms with E-state index in [0.29, 0.717) is 13.0 Å². The number of rotatable bonds is 19. The highest BCUT2D eigenvalue weighted by Gasteiger charge is 2.50. The van der Waals surface area contributed by atoms with E-state index in [-0.39, 0.29) is 37.4 Å². The lowest BCUT2D eigenvalue weighted by Crippen LogP contribution is -2.46. The molecule has 0 spiro atoms. The Morgan fingerprint density at radius 2 is 1.34 bits per heavy atom. The molecule has 5 rings (SSSR count). The lowest BCUT2D eigenvalue weighted by Gasteiger charge is -2.31. The SMILES string of the molecule is Cc1ccc(S(=O)(=O)OCC[C@H]2O[C@H]2[C@@H](OCc2ccccc2)[C@H](OCc2ccccc2)[C@@H](COCc2ccccc2)N=[N+]=[N-])cc1. The van der Waals surface area contributed by atoms with Gasteiger partial charge in [0.1, 0.15) is 12.2 Å². The summed E-state index contributed by atoms with van der Waals surface area (Å²) < 4.78 is 55.9. The Balaban J connectivity index is 1.32. The Bertz CT molecular complexity index is 1670. The number of nitrogens with zero attached hydrogens (tertiary/aromatic N) is 3. The molecule has 4 aromatic rings. The molecule has 0 N–H and O–H groups in total. The summed E-state index contributed by atoms with van der Waals surface area (Å²) >= 11 is 0. The molecule has 1 saturated heterocycles. The van der Waals surface area contributed by atoms with Crippen LogP contribution in [-0.4, -0.2) is 52.1 Å². The molecule has 47 heavy (non-hydrogen) atoms. The predicted octanol–water partition coefficient (Wildman–Crippen LogP) is 6.92. The first-order valence-electron chi connectivity index (χ1n) is 15.5. The lowest BCUT2D eigenvalue weighted by molar-refractivity contribution is -0.113. The van der Waals surface area contributed by atoms with Gasteiger partial charge < -0.3 is 18.9 Å². The molecule has 11 heteroatoms. The first-order chi connectivity index (χ1) is 22.9. The minimum Gasteiger partial charge on any atom is -0.376 e. The third-order valence-corrected chi connectivity index (χ3v) is 9.10. The highest BCUT2D eigenvalue weighted by molar-refractivity contribution is 7.86. The van der Waals surface area contributed by atoms with Crippen LogP contribution in [0, 0.1) is 6.92 Å². The maximum Gasteiger partial charge on any atom is 0.296 e. The first-order valence-corrected chi connectivity index (χ1v) is 16.9. The second-order valence-electron chi connectivity index (χ2n) is 11.3. The van der Waals surface area contributed by atoms with Crippen LogP contribution < -0.4 is 0 Å². The zero-order valence-electron chi connectivity index (χ0n) is 26.2. The molecule has 1 aliphatic heterocycles. The zero-order chi connectivity index (χ0) is 32.9. The standard InChI is InChI=1S/C36H39N3O7S/c1-27-17-19-31(20-18-27)47(40,41)45-22-21-33-35(46-33)36(44-25-30-15-9-4-10-16-30)34(43-24-29-13-7-3-8-14-29)32(38-39-37)26-42-23-28-11-5-2-6-12-28/h2-20,32-36H,21-26H2,1H3/t32-,33-,34-,35-,36+/m1/s1. The van der Waals surface area contributed by atoms with Gasteiger partial charge in [-0.3, -0.25) is 4.18 Å². The van der Waals surface area contributed by atoms with Crippen molar-refractivity contribution < 1.29 is 31.5 Å². The van der Waals surface area contributed by atoms with Crippen molar-refractivity contribution in [1.29, 1.82) is 0 Å². The fourth-order valence-corrected chi connectivity index (χ4v) is 6.11. The number of hydrogen-bond donors (Lipinski definition) is 0. The number of benzene rings is 4. The van der Waals surface area contributed by atoms with Gasteiger partial charge in [-0.1, -0.05) is 114 Å². The summed E-state index contributed by atoms with van der Waals surface area (Å²) in [6.45, 7) is 2.72. The van der Waals surface area contributed by atoms with E-state index in [1.807, 2.05) is 97.9 Å². The molecule has 4 aromatic carbocycles. The quantitative estimate of drug-likeness (QED) is 0.0351. The third-order valence-electron chi connectivity index (χ3n) is 7.77. The van der Waals surface area contributed by atoms with Gasteiger partial charge in [-0.25, -0.2) is 0 Å². The molecule has 0 bridgehead atoms. The van der Waals surface area contributed by atoms with Crippen LogP contribution in [0.3, 0.4) is 0 Å². The molecule has 0 amide bonds. The summed E-state index contributed by atoms with van der Waals surface area (Å²) in [4.78, 5) is 3.23. The van der Waals surface area contributed by atoms with Crippen LogP contribution in [0.2, 0.25) is 0 Å². The Hall–Kier alpha value is -4.06. The minimum atomic E-state index is -3.92. The van der Waals surface area contributed by atoms with E-state index in [4.69, 9.17) is 23.1 Å². The molecule has 1 heterocycles. The first kappa shape index (κ1) is 34.3. The molecule has 10 nitrogen and oxygen atoms in total. The maximum atomic E-state index is 12.7. The van der Waals surface area contributed by atoms with E-state index in [2.05, 4.69) is 10.0 Å². The normalized spacial score (nSPS) is 17.7. The molecule has 5 atom stereocenters. The summed E-state index contributed by atoms with van der Waals surface area (Å²) in [5, 5.41) is 4.10. The van der Waals surface area contributed by atoms with Crippen molar-refractivity contribution in [3.05, 3.63) is 148 Å². The molecular weight excluding hydrogens is 618 g/mol. The molecule has 0 radical (unpaired) electrons. The fourth-order valence-electron chi connectivity index (χ4n) is 5.19. The highest BCUT2D eigenvalue weighted by atomic mass is 32.2. The molecule has 0 aromatic heterocycles. The summed E-state index contributed by atoms with van der Waals surface area (Å²) in [6.07, 6.45) is -1.94. The molecule has 0 unspecified atom stereocenters. The Labute approximate surface area is 276 Å². The molecular formula is C36H39N3O7S. The van der Waals surface area contributed by atoms with E-state index in [0.717, 1.165) is 22.3 Å². The monoisotopic (exact) mass is 657 g/mol. The summed E-state index contributed by atoms with van der Waals surface area (Å²) in [7, 11) is -3.92. The average Bonchev–Trinajstić information content (AvgIpc) is 3.86. The van der Waals surface area contributed by atoms with Crippen LogP contribution in [0.4, 0.5) is 0 Å². The predicted molar refractivity (Wildman–Crippen MR) is 177 cm³/mol. The summed E-state index contributed by atoms with van der Waals surface area (Å²) in [6, 6.07) is 34.9. The van der Waals surface area contributed by atoms with E-state index in [1.165, 1.54) is 12.1 Å². The average molecular weight is 658 g/mol. The number of aryl methyl sites for hydroxylation is 1. The second-order valence-corrected chi connectivity index (χ2v) is 12.9. The van der Waals surface area contributed by atoms with Crippen molar-refractivity contribution in [3.8, 4) is 0 Å². The third kappa shape index (κ3) is 10.5. The van der Waals surface area contributed by atoms with Crippen molar-refractivity contribution in [3.63, 3.8) is 0 Å². The van der Waals surface area contributed by atoms with Crippen molar-refractivity contribution in [1.82, 2.24) is 0 Å². The molecule has 1 fully saturated rings. The van der Waals surface area contributed by atoms with E-state index in [9.17, 15) is 13.9 Å². The van der Waals surface area contributed by atoms with Gasteiger partial charge in [-0.2, -0.15) is 8.42 Å². The van der Waals surface area contributed by atoms with Gasteiger partial charge in [-0.05, 0) is 41.3 Å². The van der Waals surface area contributed by atoms with Gasteiger partial charge in [0.25, 0.3) is 10.1 Å². The molecule has 1 aliphatic rings. The van der Waals surface area contributed by atoms with Gasteiger partial charge in [-0.15, -0.1) is 0 Å². The Morgan fingerprint density at radius 3 is 1.91 bits per heavy atom. The molecule has 246 valence electrons. The van der Waals surface area contributed by atoms with Gasteiger partial charge in [0.15, 0.2) is 0 Å². The number of azide groups is 1.